The highest BCUT2D eigenvalue weighted by Crippen LogP contribution is 2.14. The van der Waals surface area contributed by atoms with Crippen molar-refractivity contribution in [1.29, 1.82) is 0 Å². The van der Waals surface area contributed by atoms with Crippen LogP contribution in [0.5, 0.6) is 0 Å². The minimum Gasteiger partial charge on any atom is -0.393 e. The van der Waals surface area contributed by atoms with Gasteiger partial charge in [-0.2, -0.15) is 0 Å². The molecule has 0 rings (SSSR count). The first-order valence-electron chi connectivity index (χ1n) is 5.01. The van der Waals surface area contributed by atoms with E-state index in [0.29, 0.717) is 10.9 Å². The third-order valence-electron chi connectivity index (χ3n) is 2.30. The monoisotopic (exact) mass is 187 g/mol. The molecule has 72 valence electrons. The Morgan fingerprint density at radius 2 is 1.92 bits per heavy atom. The number of hydrogen-bond donors (Lipinski definition) is 1. The first-order chi connectivity index (χ1) is 5.72. The van der Waals surface area contributed by atoms with Crippen molar-refractivity contribution in [3.8, 4) is 0 Å². The van der Waals surface area contributed by atoms with Crippen molar-refractivity contribution in [2.75, 3.05) is 0 Å². The third kappa shape index (κ3) is 5.53. The van der Waals surface area contributed by atoms with Gasteiger partial charge in [-0.15, -0.1) is 0 Å². The smallest absolute Gasteiger partial charge is 0.0758 e. The minimum atomic E-state index is 0.483. The van der Waals surface area contributed by atoms with Gasteiger partial charge in [-0.3, -0.25) is 0 Å². The van der Waals surface area contributed by atoms with Crippen molar-refractivity contribution < 1.29 is 0 Å². The van der Waals surface area contributed by atoms with Crippen LogP contribution in [0.3, 0.4) is 0 Å². The van der Waals surface area contributed by atoms with Crippen LogP contribution in [-0.2, 0) is 0 Å². The second-order valence-electron chi connectivity index (χ2n) is 3.36. The topological polar surface area (TPSA) is 26.0 Å². The van der Waals surface area contributed by atoms with Crippen molar-refractivity contribution in [3.05, 3.63) is 0 Å². The highest BCUT2D eigenvalue weighted by molar-refractivity contribution is 7.80. The summed E-state index contributed by atoms with van der Waals surface area (Å²) in [6.45, 7) is 4.38. The van der Waals surface area contributed by atoms with Gasteiger partial charge in [0.1, 0.15) is 0 Å². The second-order valence-corrected chi connectivity index (χ2v) is 3.83. The largest absolute Gasteiger partial charge is 0.393 e. The molecule has 0 fully saturated rings. The molecule has 0 amide bonds. The molecule has 0 saturated carbocycles. The maximum absolute atomic E-state index is 5.59. The molecular weight excluding hydrogens is 166 g/mol. The normalized spacial score (nSPS) is 12.8. The van der Waals surface area contributed by atoms with Gasteiger partial charge >= 0.3 is 0 Å². The maximum atomic E-state index is 5.59. The lowest BCUT2D eigenvalue weighted by molar-refractivity contribution is 0.542. The molecule has 0 aliphatic heterocycles. The van der Waals surface area contributed by atoms with Crippen LogP contribution in [0.15, 0.2) is 0 Å². The zero-order valence-corrected chi connectivity index (χ0v) is 9.12. The summed E-state index contributed by atoms with van der Waals surface area (Å²) in [5.74, 6) is 0.483. The maximum Gasteiger partial charge on any atom is 0.0758 e. The molecule has 0 heterocycles. The molecule has 1 atom stereocenters. The van der Waals surface area contributed by atoms with Crippen LogP contribution in [0.25, 0.3) is 0 Å². The number of unbranched alkanes of at least 4 members (excludes halogenated alkanes) is 3. The fourth-order valence-electron chi connectivity index (χ4n) is 1.37. The lowest BCUT2D eigenvalue weighted by Crippen LogP contribution is -2.20. The van der Waals surface area contributed by atoms with Crippen molar-refractivity contribution in [2.24, 2.45) is 11.7 Å². The first-order valence-corrected chi connectivity index (χ1v) is 5.42. The second kappa shape index (κ2) is 7.53. The molecule has 1 nitrogen and oxygen atoms in total. The highest BCUT2D eigenvalue weighted by atomic mass is 32.1. The van der Waals surface area contributed by atoms with Crippen molar-refractivity contribution in [2.45, 2.75) is 52.4 Å². The molecule has 2 heteroatoms. The first kappa shape index (κ1) is 11.9. The van der Waals surface area contributed by atoms with Gasteiger partial charge in [0, 0.05) is 5.92 Å². The Hall–Kier alpha value is -0.110. The Balaban J connectivity index is 3.38. The van der Waals surface area contributed by atoms with Gasteiger partial charge in [0.05, 0.1) is 4.99 Å². The zero-order chi connectivity index (χ0) is 9.40. The van der Waals surface area contributed by atoms with E-state index in [9.17, 15) is 0 Å². The van der Waals surface area contributed by atoms with Crippen LogP contribution in [0.4, 0.5) is 0 Å². The Morgan fingerprint density at radius 1 is 1.25 bits per heavy atom. The van der Waals surface area contributed by atoms with Crippen LogP contribution >= 0.6 is 12.2 Å². The molecule has 0 aromatic carbocycles. The van der Waals surface area contributed by atoms with Gasteiger partial charge in [0.2, 0.25) is 0 Å². The fraction of sp³-hybridized carbons (Fsp3) is 0.900. The Bertz CT molecular complexity index is 123. The Kier molecular flexibility index (Phi) is 7.47. The predicted octanol–water partition coefficient (Wildman–Crippen LogP) is 3.27. The number of nitrogens with two attached hydrogens (primary N) is 1. The molecule has 0 aromatic rings. The summed E-state index contributed by atoms with van der Waals surface area (Å²) in [6.07, 6.45) is 7.53. The Morgan fingerprint density at radius 3 is 2.33 bits per heavy atom. The van der Waals surface area contributed by atoms with Crippen molar-refractivity contribution >= 4 is 17.2 Å². The van der Waals surface area contributed by atoms with E-state index < -0.39 is 0 Å². The molecule has 12 heavy (non-hydrogen) atoms. The molecule has 0 radical (unpaired) electrons. The van der Waals surface area contributed by atoms with E-state index in [1.807, 2.05) is 0 Å². The summed E-state index contributed by atoms with van der Waals surface area (Å²) in [6, 6.07) is 0. The van der Waals surface area contributed by atoms with Gasteiger partial charge in [0.15, 0.2) is 0 Å². The molecular formula is C10H21NS. The summed E-state index contributed by atoms with van der Waals surface area (Å²) < 4.78 is 0. The quantitative estimate of drug-likeness (QED) is 0.489. The van der Waals surface area contributed by atoms with E-state index in [1.165, 1.54) is 32.1 Å². The van der Waals surface area contributed by atoms with Crippen LogP contribution in [0.2, 0.25) is 0 Å². The standard InChI is InChI=1S/C10H21NS/c1-3-5-6-7-8-9(4-2)10(11)12/h9H,3-8H2,1-2H3,(H2,11,12). The summed E-state index contributed by atoms with van der Waals surface area (Å²) in [4.78, 5) is 0.703. The summed E-state index contributed by atoms with van der Waals surface area (Å²) in [5.41, 5.74) is 5.59. The SMILES string of the molecule is CCCCCCC(CC)C(N)=S. The van der Waals surface area contributed by atoms with Gasteiger partial charge in [-0.25, -0.2) is 0 Å². The summed E-state index contributed by atoms with van der Waals surface area (Å²) in [7, 11) is 0. The van der Waals surface area contributed by atoms with Crippen molar-refractivity contribution in [1.82, 2.24) is 0 Å². The number of rotatable bonds is 7. The minimum absolute atomic E-state index is 0.483. The third-order valence-corrected chi connectivity index (χ3v) is 2.63. The predicted molar refractivity (Wildman–Crippen MR) is 59.3 cm³/mol. The summed E-state index contributed by atoms with van der Waals surface area (Å²) >= 11 is 4.97. The van der Waals surface area contributed by atoms with E-state index in [2.05, 4.69) is 13.8 Å². The average molecular weight is 187 g/mol. The highest BCUT2D eigenvalue weighted by Gasteiger charge is 2.07. The van der Waals surface area contributed by atoms with Crippen LogP contribution in [0, 0.1) is 5.92 Å². The Labute approximate surface area is 81.7 Å². The molecule has 0 spiro atoms. The molecule has 0 saturated heterocycles. The van der Waals surface area contributed by atoms with Gasteiger partial charge in [0.25, 0.3) is 0 Å². The molecule has 0 aromatic heterocycles. The van der Waals surface area contributed by atoms with Crippen LogP contribution < -0.4 is 5.73 Å². The van der Waals surface area contributed by atoms with Gasteiger partial charge in [-0.1, -0.05) is 51.7 Å². The molecule has 0 aliphatic rings. The van der Waals surface area contributed by atoms with E-state index in [-0.39, 0.29) is 0 Å². The zero-order valence-electron chi connectivity index (χ0n) is 8.31. The van der Waals surface area contributed by atoms with E-state index >= 15 is 0 Å². The van der Waals surface area contributed by atoms with E-state index in [0.717, 1.165) is 6.42 Å². The molecule has 2 N–H and O–H groups in total. The average Bonchev–Trinajstić information content (AvgIpc) is 2.04. The number of hydrogen-bond acceptors (Lipinski definition) is 1. The van der Waals surface area contributed by atoms with E-state index in [4.69, 9.17) is 18.0 Å². The molecule has 1 unspecified atom stereocenters. The van der Waals surface area contributed by atoms with Crippen LogP contribution in [0.1, 0.15) is 52.4 Å². The fourth-order valence-corrected chi connectivity index (χ4v) is 1.65. The van der Waals surface area contributed by atoms with Gasteiger partial charge in [-0.05, 0) is 12.8 Å². The van der Waals surface area contributed by atoms with Crippen molar-refractivity contribution in [3.63, 3.8) is 0 Å². The summed E-state index contributed by atoms with van der Waals surface area (Å²) in [5, 5.41) is 0. The molecule has 0 aliphatic carbocycles. The lowest BCUT2D eigenvalue weighted by atomic mass is 9.98. The number of thiocarbonyl (C=S) groups is 1. The van der Waals surface area contributed by atoms with Gasteiger partial charge < -0.3 is 5.73 Å². The lowest BCUT2D eigenvalue weighted by Gasteiger charge is -2.11. The van der Waals surface area contributed by atoms with Crippen LogP contribution in [-0.4, -0.2) is 4.99 Å². The molecule has 0 bridgehead atoms. The van der Waals surface area contributed by atoms with E-state index in [1.54, 1.807) is 0 Å².